The fourth-order valence-corrected chi connectivity index (χ4v) is 3.83. The predicted octanol–water partition coefficient (Wildman–Crippen LogP) is 2.96. The molecule has 1 aliphatic heterocycles. The summed E-state index contributed by atoms with van der Waals surface area (Å²) < 4.78 is 13.9. The normalized spacial score (nSPS) is 15.6. The number of rotatable bonds is 2. The van der Waals surface area contributed by atoms with Crippen LogP contribution in [0, 0.1) is 0 Å². The number of nitrogens with zero attached hydrogens (tertiary/aromatic N) is 2. The summed E-state index contributed by atoms with van der Waals surface area (Å²) in [5, 5.41) is 0. The Labute approximate surface area is 168 Å². The van der Waals surface area contributed by atoms with Crippen LogP contribution in [0.15, 0.2) is 58.1 Å². The van der Waals surface area contributed by atoms with E-state index in [9.17, 15) is 9.59 Å². The molecule has 1 aliphatic rings. The Morgan fingerprint density at radius 1 is 1.00 bits per heavy atom. The smallest absolute Gasteiger partial charge is 0.331 e. The molecule has 2 aromatic carbocycles. The largest absolute Gasteiger partial charge is 0.497 e. The Kier molecular flexibility index (Phi) is 4.62. The third-order valence-corrected chi connectivity index (χ3v) is 5.39. The lowest BCUT2D eigenvalue weighted by Gasteiger charge is -2.24. The molecule has 2 heterocycles. The number of aromatic nitrogens is 2. The van der Waals surface area contributed by atoms with E-state index < -0.39 is 11.2 Å². The SMILES string of the molecule is COc1ccc2c(c1)COc1c(n(C)c(=O)n(C)c1=O)/C(c1ccccc1)=C\2C. The van der Waals surface area contributed by atoms with Gasteiger partial charge in [0.1, 0.15) is 18.1 Å². The molecule has 0 fully saturated rings. The van der Waals surface area contributed by atoms with Crippen molar-refractivity contribution in [3.63, 3.8) is 0 Å². The van der Waals surface area contributed by atoms with Crippen molar-refractivity contribution in [1.29, 1.82) is 0 Å². The molecule has 0 saturated carbocycles. The summed E-state index contributed by atoms with van der Waals surface area (Å²) >= 11 is 0. The Hall–Kier alpha value is -3.54. The zero-order valence-electron chi connectivity index (χ0n) is 16.9. The van der Waals surface area contributed by atoms with E-state index in [1.807, 2.05) is 55.5 Å². The second kappa shape index (κ2) is 7.13. The molecule has 29 heavy (non-hydrogen) atoms. The van der Waals surface area contributed by atoms with Gasteiger partial charge in [-0.25, -0.2) is 4.79 Å². The van der Waals surface area contributed by atoms with Crippen molar-refractivity contribution in [2.24, 2.45) is 14.1 Å². The highest BCUT2D eigenvalue weighted by Gasteiger charge is 2.26. The van der Waals surface area contributed by atoms with Crippen molar-refractivity contribution >= 4 is 11.1 Å². The highest BCUT2D eigenvalue weighted by atomic mass is 16.5. The molecule has 6 nitrogen and oxygen atoms in total. The van der Waals surface area contributed by atoms with Gasteiger partial charge in [0.25, 0.3) is 5.56 Å². The van der Waals surface area contributed by atoms with Crippen LogP contribution in [-0.4, -0.2) is 16.2 Å². The number of hydrogen-bond donors (Lipinski definition) is 0. The van der Waals surface area contributed by atoms with Crippen LogP contribution in [0.4, 0.5) is 0 Å². The summed E-state index contributed by atoms with van der Waals surface area (Å²) in [5.74, 6) is 0.886. The van der Waals surface area contributed by atoms with Gasteiger partial charge in [-0.05, 0) is 35.8 Å². The maximum Gasteiger partial charge on any atom is 0.331 e. The highest BCUT2D eigenvalue weighted by Crippen LogP contribution is 2.38. The molecule has 6 heteroatoms. The molecule has 3 aromatic rings. The van der Waals surface area contributed by atoms with E-state index >= 15 is 0 Å². The third kappa shape index (κ3) is 2.97. The van der Waals surface area contributed by atoms with E-state index in [4.69, 9.17) is 9.47 Å². The molecule has 4 rings (SSSR count). The molecule has 0 unspecified atom stereocenters. The Balaban J connectivity index is 2.16. The van der Waals surface area contributed by atoms with Crippen molar-refractivity contribution in [2.45, 2.75) is 13.5 Å². The number of ether oxygens (including phenoxy) is 2. The molecule has 0 radical (unpaired) electrons. The molecular weight excluding hydrogens is 368 g/mol. The third-order valence-electron chi connectivity index (χ3n) is 5.39. The zero-order valence-corrected chi connectivity index (χ0v) is 16.9. The Bertz CT molecular complexity index is 1250. The highest BCUT2D eigenvalue weighted by molar-refractivity contribution is 5.99. The van der Waals surface area contributed by atoms with E-state index in [-0.39, 0.29) is 12.4 Å². The van der Waals surface area contributed by atoms with Crippen molar-refractivity contribution < 1.29 is 9.47 Å². The second-order valence-corrected chi connectivity index (χ2v) is 7.06. The van der Waals surface area contributed by atoms with Gasteiger partial charge in [0.2, 0.25) is 5.75 Å². The maximum absolute atomic E-state index is 12.9. The average Bonchev–Trinajstić information content (AvgIpc) is 2.74. The van der Waals surface area contributed by atoms with Crippen LogP contribution in [0.5, 0.6) is 11.5 Å². The van der Waals surface area contributed by atoms with Gasteiger partial charge in [-0.3, -0.25) is 13.9 Å². The van der Waals surface area contributed by atoms with E-state index in [0.29, 0.717) is 5.69 Å². The molecule has 0 spiro atoms. The van der Waals surface area contributed by atoms with E-state index in [0.717, 1.165) is 38.2 Å². The number of benzene rings is 2. The maximum atomic E-state index is 12.9. The van der Waals surface area contributed by atoms with Crippen molar-refractivity contribution in [1.82, 2.24) is 9.13 Å². The number of hydrogen-bond acceptors (Lipinski definition) is 4. The molecule has 0 atom stereocenters. The molecule has 0 N–H and O–H groups in total. The monoisotopic (exact) mass is 390 g/mol. The first-order chi connectivity index (χ1) is 13.9. The minimum absolute atomic E-state index is 0.168. The first kappa shape index (κ1) is 18.8. The van der Waals surface area contributed by atoms with E-state index in [1.54, 1.807) is 14.2 Å². The number of allylic oxidation sites excluding steroid dienone is 1. The van der Waals surface area contributed by atoms with Gasteiger partial charge >= 0.3 is 5.69 Å². The average molecular weight is 390 g/mol. The van der Waals surface area contributed by atoms with Crippen LogP contribution in [0.1, 0.15) is 29.3 Å². The van der Waals surface area contributed by atoms with E-state index in [2.05, 4.69) is 0 Å². The molecule has 0 amide bonds. The quantitative estimate of drug-likeness (QED) is 0.675. The first-order valence-corrected chi connectivity index (χ1v) is 9.30. The molecule has 0 bridgehead atoms. The lowest BCUT2D eigenvalue weighted by Crippen LogP contribution is -2.39. The predicted molar refractivity (Wildman–Crippen MR) is 112 cm³/mol. The van der Waals surface area contributed by atoms with Crippen LogP contribution in [0.2, 0.25) is 0 Å². The van der Waals surface area contributed by atoms with Crippen LogP contribution >= 0.6 is 0 Å². The summed E-state index contributed by atoms with van der Waals surface area (Å²) in [6.45, 7) is 2.21. The van der Waals surface area contributed by atoms with E-state index in [1.165, 1.54) is 11.6 Å². The van der Waals surface area contributed by atoms with Crippen molar-refractivity contribution in [3.05, 3.63) is 91.8 Å². The van der Waals surface area contributed by atoms with Crippen LogP contribution in [0.25, 0.3) is 11.1 Å². The number of fused-ring (bicyclic) bond motifs is 2. The van der Waals surface area contributed by atoms with Gasteiger partial charge in [-0.2, -0.15) is 0 Å². The lowest BCUT2D eigenvalue weighted by atomic mass is 9.89. The molecule has 148 valence electrons. The molecule has 1 aromatic heterocycles. The molecule has 0 saturated heterocycles. The van der Waals surface area contributed by atoms with Crippen molar-refractivity contribution in [3.8, 4) is 11.5 Å². The minimum atomic E-state index is -0.448. The number of methoxy groups -OCH3 is 1. The topological polar surface area (TPSA) is 62.5 Å². The molecule has 0 aliphatic carbocycles. The van der Waals surface area contributed by atoms with Crippen LogP contribution in [-0.2, 0) is 20.7 Å². The Morgan fingerprint density at radius 2 is 1.72 bits per heavy atom. The Morgan fingerprint density at radius 3 is 2.41 bits per heavy atom. The standard InChI is InChI=1S/C23H22N2O4/c1-14-18-11-10-17(28-4)12-16(18)13-29-21-20(19(14)15-8-6-5-7-9-15)24(2)23(27)25(3)22(21)26/h5-12H,13H2,1-4H3/b19-14-. The van der Waals surface area contributed by atoms with Crippen molar-refractivity contribution in [2.75, 3.05) is 7.11 Å². The van der Waals surface area contributed by atoms with Gasteiger partial charge in [0, 0.05) is 25.2 Å². The minimum Gasteiger partial charge on any atom is -0.497 e. The van der Waals surface area contributed by atoms with Crippen LogP contribution < -0.4 is 20.7 Å². The summed E-state index contributed by atoms with van der Waals surface area (Å²) in [6.07, 6.45) is 0. The lowest BCUT2D eigenvalue weighted by molar-refractivity contribution is 0.292. The van der Waals surface area contributed by atoms with Gasteiger partial charge < -0.3 is 9.47 Å². The van der Waals surface area contributed by atoms with Gasteiger partial charge in [-0.1, -0.05) is 36.4 Å². The second-order valence-electron chi connectivity index (χ2n) is 7.06. The first-order valence-electron chi connectivity index (χ1n) is 9.30. The zero-order chi connectivity index (χ0) is 20.7. The fraction of sp³-hybridized carbons (Fsp3) is 0.217. The summed E-state index contributed by atoms with van der Waals surface area (Å²) in [6, 6.07) is 15.5. The molecular formula is C23H22N2O4. The van der Waals surface area contributed by atoms with Crippen LogP contribution in [0.3, 0.4) is 0 Å². The fourth-order valence-electron chi connectivity index (χ4n) is 3.83. The summed E-state index contributed by atoms with van der Waals surface area (Å²) in [7, 11) is 4.74. The van der Waals surface area contributed by atoms with Gasteiger partial charge in [0.15, 0.2) is 0 Å². The summed E-state index contributed by atoms with van der Waals surface area (Å²) in [4.78, 5) is 25.7. The van der Waals surface area contributed by atoms with Gasteiger partial charge in [-0.15, -0.1) is 0 Å². The summed E-state index contributed by atoms with van der Waals surface area (Å²) in [5.41, 5.74) is 4.21. The van der Waals surface area contributed by atoms with Gasteiger partial charge in [0.05, 0.1) is 7.11 Å².